The van der Waals surface area contributed by atoms with Crippen LogP contribution in [-0.4, -0.2) is 42.4 Å². The van der Waals surface area contributed by atoms with Gasteiger partial charge in [-0.3, -0.25) is 4.79 Å². The molecule has 1 aliphatic heterocycles. The van der Waals surface area contributed by atoms with E-state index in [9.17, 15) is 14.4 Å². The zero-order chi connectivity index (χ0) is 18.1. The van der Waals surface area contributed by atoms with Crippen LogP contribution < -0.4 is 0 Å². The lowest BCUT2D eigenvalue weighted by Gasteiger charge is -2.31. The molecule has 1 aromatic carbocycles. The molecule has 25 heavy (non-hydrogen) atoms. The van der Waals surface area contributed by atoms with E-state index in [1.165, 1.54) is 0 Å². The number of esters is 1. The van der Waals surface area contributed by atoms with Crippen molar-refractivity contribution in [3.8, 4) is 0 Å². The van der Waals surface area contributed by atoms with Crippen LogP contribution in [0.2, 0.25) is 0 Å². The molecule has 1 aromatic rings. The Labute approximate surface area is 148 Å². The first-order valence-corrected chi connectivity index (χ1v) is 8.75. The van der Waals surface area contributed by atoms with E-state index in [4.69, 9.17) is 9.47 Å². The maximum atomic E-state index is 12.1. The minimum absolute atomic E-state index is 0.210. The van der Waals surface area contributed by atoms with E-state index in [-0.39, 0.29) is 25.7 Å². The molecule has 0 atom stereocenters. The molecule has 6 heteroatoms. The third-order valence-corrected chi connectivity index (χ3v) is 4.36. The van der Waals surface area contributed by atoms with Crippen molar-refractivity contribution in [3.63, 3.8) is 0 Å². The van der Waals surface area contributed by atoms with Gasteiger partial charge in [-0.1, -0.05) is 30.3 Å². The van der Waals surface area contributed by atoms with E-state index in [2.05, 4.69) is 0 Å². The summed E-state index contributed by atoms with van der Waals surface area (Å²) in [5.41, 5.74) is 0.961. The molecule has 6 nitrogen and oxygen atoms in total. The number of carbonyl (C=O) groups is 3. The minimum Gasteiger partial charge on any atom is -0.460 e. The molecule has 136 valence electrons. The van der Waals surface area contributed by atoms with Crippen molar-refractivity contribution in [3.05, 3.63) is 35.9 Å². The Kier molecular flexibility index (Phi) is 7.44. The number of carbonyl (C=O) groups excluding carboxylic acids is 3. The SMILES string of the molecule is CCOC(=O)C(=O)CCC1CCN(C(=O)OCc2ccccc2)CC1. The summed E-state index contributed by atoms with van der Waals surface area (Å²) in [6.45, 7) is 3.40. The number of ether oxygens (including phenoxy) is 2. The van der Waals surface area contributed by atoms with Gasteiger partial charge in [0.15, 0.2) is 0 Å². The summed E-state index contributed by atoms with van der Waals surface area (Å²) in [5.74, 6) is -0.868. The van der Waals surface area contributed by atoms with Crippen molar-refractivity contribution >= 4 is 17.8 Å². The minimum atomic E-state index is -0.746. The Hall–Kier alpha value is -2.37. The molecular weight excluding hydrogens is 322 g/mol. The topological polar surface area (TPSA) is 72.9 Å². The van der Waals surface area contributed by atoms with Crippen LogP contribution in [0.4, 0.5) is 4.79 Å². The van der Waals surface area contributed by atoms with Gasteiger partial charge in [0.25, 0.3) is 0 Å². The van der Waals surface area contributed by atoms with Crippen LogP contribution in [0.25, 0.3) is 0 Å². The Balaban J connectivity index is 1.66. The first-order chi connectivity index (χ1) is 12.1. The van der Waals surface area contributed by atoms with Gasteiger partial charge in [0.1, 0.15) is 6.61 Å². The van der Waals surface area contributed by atoms with E-state index < -0.39 is 11.8 Å². The van der Waals surface area contributed by atoms with Crippen molar-refractivity contribution in [2.45, 2.75) is 39.2 Å². The molecule has 0 aliphatic carbocycles. The lowest BCUT2D eigenvalue weighted by Crippen LogP contribution is -2.38. The molecule has 1 saturated heterocycles. The number of nitrogens with zero attached hydrogens (tertiary/aromatic N) is 1. The molecule has 1 aliphatic rings. The van der Waals surface area contributed by atoms with Crippen molar-refractivity contribution in [2.24, 2.45) is 5.92 Å². The first kappa shape index (κ1) is 19.0. The summed E-state index contributed by atoms with van der Waals surface area (Å²) < 4.78 is 10.0. The predicted molar refractivity (Wildman–Crippen MR) is 91.8 cm³/mol. The molecule has 0 radical (unpaired) electrons. The molecule has 1 amide bonds. The first-order valence-electron chi connectivity index (χ1n) is 8.75. The summed E-state index contributed by atoms with van der Waals surface area (Å²) >= 11 is 0. The van der Waals surface area contributed by atoms with Gasteiger partial charge in [-0.15, -0.1) is 0 Å². The summed E-state index contributed by atoms with van der Waals surface area (Å²) in [6, 6.07) is 9.57. The molecule has 0 unspecified atom stereocenters. The number of likely N-dealkylation sites (tertiary alicyclic amines) is 1. The van der Waals surface area contributed by atoms with Gasteiger partial charge in [-0.2, -0.15) is 0 Å². The summed E-state index contributed by atoms with van der Waals surface area (Å²) in [5, 5.41) is 0. The predicted octanol–water partition coefficient (Wildman–Crippen LogP) is 2.95. The van der Waals surface area contributed by atoms with Crippen LogP contribution in [0, 0.1) is 5.92 Å². The molecule has 2 rings (SSSR count). The van der Waals surface area contributed by atoms with Gasteiger partial charge < -0.3 is 14.4 Å². The van der Waals surface area contributed by atoms with Crippen LogP contribution in [0.15, 0.2) is 30.3 Å². The van der Waals surface area contributed by atoms with E-state index in [1.54, 1.807) is 11.8 Å². The van der Waals surface area contributed by atoms with E-state index in [0.717, 1.165) is 18.4 Å². The van der Waals surface area contributed by atoms with Gasteiger partial charge in [-0.05, 0) is 37.7 Å². The number of hydrogen-bond donors (Lipinski definition) is 0. The van der Waals surface area contributed by atoms with Gasteiger partial charge in [0, 0.05) is 19.5 Å². The molecule has 0 aromatic heterocycles. The second-order valence-corrected chi connectivity index (χ2v) is 6.15. The standard InChI is InChI=1S/C19H25NO5/c1-2-24-18(22)17(21)9-8-15-10-12-20(13-11-15)19(23)25-14-16-6-4-3-5-7-16/h3-7,15H,2,8-14H2,1H3. The van der Waals surface area contributed by atoms with Crippen molar-refractivity contribution in [1.29, 1.82) is 0 Å². The number of hydrogen-bond acceptors (Lipinski definition) is 5. The Bertz CT molecular complexity index is 579. The van der Waals surface area contributed by atoms with Gasteiger partial charge in [-0.25, -0.2) is 9.59 Å². The number of ketones is 1. The lowest BCUT2D eigenvalue weighted by molar-refractivity contribution is -0.153. The highest BCUT2D eigenvalue weighted by Crippen LogP contribution is 2.22. The highest BCUT2D eigenvalue weighted by Gasteiger charge is 2.25. The molecule has 1 fully saturated rings. The summed E-state index contributed by atoms with van der Waals surface area (Å²) in [7, 11) is 0. The molecule has 0 spiro atoms. The Morgan fingerprint density at radius 2 is 1.76 bits per heavy atom. The molecule has 0 saturated carbocycles. The highest BCUT2D eigenvalue weighted by molar-refractivity contribution is 6.33. The van der Waals surface area contributed by atoms with Crippen molar-refractivity contribution < 1.29 is 23.9 Å². The van der Waals surface area contributed by atoms with Crippen molar-refractivity contribution in [2.75, 3.05) is 19.7 Å². The summed E-state index contributed by atoms with van der Waals surface area (Å²) in [6.07, 6.45) is 2.20. The largest absolute Gasteiger partial charge is 0.460 e. The fraction of sp³-hybridized carbons (Fsp3) is 0.526. The number of benzene rings is 1. The van der Waals surface area contributed by atoms with Crippen LogP contribution >= 0.6 is 0 Å². The van der Waals surface area contributed by atoms with Crippen LogP contribution in [0.5, 0.6) is 0 Å². The maximum Gasteiger partial charge on any atom is 0.410 e. The fourth-order valence-corrected chi connectivity index (χ4v) is 2.86. The molecule has 0 bridgehead atoms. The van der Waals surface area contributed by atoms with Gasteiger partial charge in [0.05, 0.1) is 6.61 Å². The third-order valence-electron chi connectivity index (χ3n) is 4.36. The quantitative estimate of drug-likeness (QED) is 0.560. The Morgan fingerprint density at radius 3 is 2.40 bits per heavy atom. The fourth-order valence-electron chi connectivity index (χ4n) is 2.86. The molecular formula is C19H25NO5. The lowest BCUT2D eigenvalue weighted by atomic mass is 9.91. The number of amides is 1. The van der Waals surface area contributed by atoms with Crippen LogP contribution in [0.1, 0.15) is 38.2 Å². The number of piperidine rings is 1. The number of rotatable bonds is 7. The smallest absolute Gasteiger partial charge is 0.410 e. The average Bonchev–Trinajstić information content (AvgIpc) is 2.65. The van der Waals surface area contributed by atoms with Crippen LogP contribution in [-0.2, 0) is 25.7 Å². The second kappa shape index (κ2) is 9.81. The summed E-state index contributed by atoms with van der Waals surface area (Å²) in [4.78, 5) is 36.7. The van der Waals surface area contributed by atoms with Crippen molar-refractivity contribution in [1.82, 2.24) is 4.90 Å². The monoisotopic (exact) mass is 347 g/mol. The highest BCUT2D eigenvalue weighted by atomic mass is 16.6. The zero-order valence-corrected chi connectivity index (χ0v) is 14.6. The molecule has 0 N–H and O–H groups in total. The van der Waals surface area contributed by atoms with E-state index >= 15 is 0 Å². The third kappa shape index (κ3) is 6.21. The van der Waals surface area contributed by atoms with Crippen LogP contribution in [0.3, 0.4) is 0 Å². The van der Waals surface area contributed by atoms with Gasteiger partial charge >= 0.3 is 12.1 Å². The van der Waals surface area contributed by atoms with E-state index in [1.807, 2.05) is 30.3 Å². The Morgan fingerprint density at radius 1 is 1.08 bits per heavy atom. The average molecular weight is 347 g/mol. The van der Waals surface area contributed by atoms with E-state index in [0.29, 0.717) is 25.4 Å². The number of Topliss-reactive ketones (excluding diaryl/α,β-unsaturated/α-hetero) is 1. The van der Waals surface area contributed by atoms with Gasteiger partial charge in [0.2, 0.25) is 5.78 Å². The zero-order valence-electron chi connectivity index (χ0n) is 14.6. The maximum absolute atomic E-state index is 12.1. The molecule has 1 heterocycles. The normalized spacial score (nSPS) is 14.8. The second-order valence-electron chi connectivity index (χ2n) is 6.15.